The molecule has 0 spiro atoms. The molecule has 24 heavy (non-hydrogen) atoms. The fourth-order valence-corrected chi connectivity index (χ4v) is 3.55. The molecule has 0 rings (SSSR count). The minimum atomic E-state index is -4.04. The topological polar surface area (TPSA) is 74.6 Å². The Morgan fingerprint density at radius 2 is 1.04 bits per heavy atom. The summed E-state index contributed by atoms with van der Waals surface area (Å²) in [7, 11) is -4.04. The third-order valence-electron chi connectivity index (χ3n) is 4.29. The van der Waals surface area contributed by atoms with E-state index in [-0.39, 0.29) is 23.1 Å². The van der Waals surface area contributed by atoms with Gasteiger partial charge < -0.3 is 5.11 Å². The van der Waals surface area contributed by atoms with E-state index in [2.05, 4.69) is 6.92 Å². The lowest BCUT2D eigenvalue weighted by Gasteiger charge is -2.08. The molecular formula is C18H40MgO4S. The summed E-state index contributed by atoms with van der Waals surface area (Å²) < 4.78 is 29.8. The van der Waals surface area contributed by atoms with Gasteiger partial charge in [-0.15, -0.1) is 0 Å². The standard InChI is InChI=1S/C18H38O4S.Mg.2H/c1-2-3-4-5-6-7-8-9-10-11-12-13-14-15-16-18(19)17-23(20,21)22;;;/h18-19H,2-17H2,1H3,(H,20,21,22);;;. The Morgan fingerprint density at radius 3 is 1.38 bits per heavy atom. The second-order valence-electron chi connectivity index (χ2n) is 6.79. The van der Waals surface area contributed by atoms with Crippen LogP contribution < -0.4 is 0 Å². The molecule has 0 aliphatic carbocycles. The average Bonchev–Trinajstić information content (AvgIpc) is 2.46. The molecule has 0 fully saturated rings. The predicted molar refractivity (Wildman–Crippen MR) is 106 cm³/mol. The summed E-state index contributed by atoms with van der Waals surface area (Å²) in [4.78, 5) is 0. The van der Waals surface area contributed by atoms with Gasteiger partial charge in [0.1, 0.15) is 5.75 Å². The first-order chi connectivity index (χ1) is 11.0. The molecule has 0 aromatic carbocycles. The highest BCUT2D eigenvalue weighted by Crippen LogP contribution is 2.13. The van der Waals surface area contributed by atoms with Crippen LogP contribution in [0.4, 0.5) is 0 Å². The van der Waals surface area contributed by atoms with Crippen molar-refractivity contribution in [1.82, 2.24) is 0 Å². The maximum absolute atomic E-state index is 10.6. The molecular weight excluding hydrogens is 337 g/mol. The van der Waals surface area contributed by atoms with Crippen LogP contribution >= 0.6 is 0 Å². The van der Waals surface area contributed by atoms with Crippen molar-refractivity contribution in [2.45, 2.75) is 109 Å². The lowest BCUT2D eigenvalue weighted by molar-refractivity contribution is 0.180. The van der Waals surface area contributed by atoms with Crippen LogP contribution in [0.25, 0.3) is 0 Å². The van der Waals surface area contributed by atoms with Gasteiger partial charge in [0.05, 0.1) is 6.10 Å². The largest absolute Gasteiger partial charge is 0.392 e. The minimum absolute atomic E-state index is 0. The highest BCUT2D eigenvalue weighted by molar-refractivity contribution is 7.85. The third-order valence-corrected chi connectivity index (χ3v) is 5.10. The highest BCUT2D eigenvalue weighted by atomic mass is 32.2. The Balaban J connectivity index is 0. The first kappa shape index (κ1) is 26.9. The number of hydrogen-bond donors (Lipinski definition) is 2. The van der Waals surface area contributed by atoms with Crippen molar-refractivity contribution in [3.8, 4) is 0 Å². The Kier molecular flexibility index (Phi) is 20.6. The summed E-state index contributed by atoms with van der Waals surface area (Å²) in [6, 6.07) is 0. The number of rotatable bonds is 17. The van der Waals surface area contributed by atoms with Gasteiger partial charge in [0.2, 0.25) is 0 Å². The average molecular weight is 377 g/mol. The predicted octanol–water partition coefficient (Wildman–Crippen LogP) is 4.19. The molecule has 2 N–H and O–H groups in total. The summed E-state index contributed by atoms with van der Waals surface area (Å²) in [5.74, 6) is -0.536. The SMILES string of the molecule is CCCCCCCCCCCCCCCCC(O)CS(=O)(=O)O.[MgH2]. The van der Waals surface area contributed by atoms with E-state index < -0.39 is 22.0 Å². The van der Waals surface area contributed by atoms with Gasteiger partial charge >= 0.3 is 23.1 Å². The summed E-state index contributed by atoms with van der Waals surface area (Å²) in [6.07, 6.45) is 17.4. The Bertz CT molecular complexity index is 347. The van der Waals surface area contributed by atoms with Crippen LogP contribution in [0.15, 0.2) is 0 Å². The lowest BCUT2D eigenvalue weighted by Crippen LogP contribution is -2.19. The van der Waals surface area contributed by atoms with Crippen LogP contribution in [0.2, 0.25) is 0 Å². The van der Waals surface area contributed by atoms with E-state index in [0.29, 0.717) is 6.42 Å². The molecule has 0 aliphatic heterocycles. The number of aliphatic hydroxyl groups excluding tert-OH is 1. The van der Waals surface area contributed by atoms with Crippen molar-refractivity contribution in [2.75, 3.05) is 5.75 Å². The molecule has 4 nitrogen and oxygen atoms in total. The molecule has 0 saturated heterocycles. The van der Waals surface area contributed by atoms with Crippen LogP contribution in [0, 0.1) is 0 Å². The Morgan fingerprint density at radius 1 is 0.708 bits per heavy atom. The van der Waals surface area contributed by atoms with E-state index >= 15 is 0 Å². The van der Waals surface area contributed by atoms with Crippen LogP contribution in [0.3, 0.4) is 0 Å². The second kappa shape index (κ2) is 18.4. The third kappa shape index (κ3) is 22.6. The quantitative estimate of drug-likeness (QED) is 0.227. The summed E-state index contributed by atoms with van der Waals surface area (Å²) >= 11 is 0. The van der Waals surface area contributed by atoms with Crippen molar-refractivity contribution in [3.05, 3.63) is 0 Å². The molecule has 0 bridgehead atoms. The summed E-state index contributed by atoms with van der Waals surface area (Å²) in [5.41, 5.74) is 0. The van der Waals surface area contributed by atoms with Crippen LogP contribution in [0.5, 0.6) is 0 Å². The molecule has 0 radical (unpaired) electrons. The Hall–Kier alpha value is 0.636. The van der Waals surface area contributed by atoms with Crippen LogP contribution in [-0.2, 0) is 10.1 Å². The van der Waals surface area contributed by atoms with Crippen LogP contribution in [0.1, 0.15) is 103 Å². The molecule has 144 valence electrons. The van der Waals surface area contributed by atoms with E-state index in [1.54, 1.807) is 0 Å². The van der Waals surface area contributed by atoms with Gasteiger partial charge in [-0.3, -0.25) is 4.55 Å². The fourth-order valence-electron chi connectivity index (χ4n) is 2.90. The first-order valence-corrected chi connectivity index (χ1v) is 11.2. The molecule has 0 saturated carbocycles. The van der Waals surface area contributed by atoms with Gasteiger partial charge in [-0.1, -0.05) is 96.8 Å². The highest BCUT2D eigenvalue weighted by Gasteiger charge is 2.13. The molecule has 1 unspecified atom stereocenters. The molecule has 6 heteroatoms. The smallest absolute Gasteiger partial charge is 0.316 e. The van der Waals surface area contributed by atoms with E-state index in [0.717, 1.165) is 19.3 Å². The summed E-state index contributed by atoms with van der Waals surface area (Å²) in [5, 5.41) is 9.44. The fraction of sp³-hybridized carbons (Fsp3) is 1.00. The normalized spacial score (nSPS) is 12.8. The molecule has 0 amide bonds. The van der Waals surface area contributed by atoms with Gasteiger partial charge in [-0.2, -0.15) is 8.42 Å². The van der Waals surface area contributed by atoms with Gasteiger partial charge in [-0.05, 0) is 6.42 Å². The zero-order valence-corrected chi connectivity index (χ0v) is 15.8. The van der Waals surface area contributed by atoms with Crippen LogP contribution in [-0.4, -0.2) is 53.0 Å². The monoisotopic (exact) mass is 376 g/mol. The second-order valence-corrected chi connectivity index (χ2v) is 8.28. The lowest BCUT2D eigenvalue weighted by atomic mass is 10.0. The number of hydrogen-bond acceptors (Lipinski definition) is 3. The van der Waals surface area contributed by atoms with Gasteiger partial charge in [0, 0.05) is 0 Å². The van der Waals surface area contributed by atoms with E-state index in [9.17, 15) is 13.5 Å². The molecule has 0 aromatic heterocycles. The van der Waals surface area contributed by atoms with Gasteiger partial charge in [0.25, 0.3) is 10.1 Å². The zero-order chi connectivity index (χ0) is 17.4. The Labute approximate surface area is 166 Å². The first-order valence-electron chi connectivity index (χ1n) is 9.59. The number of aliphatic hydroxyl groups is 1. The maximum atomic E-state index is 10.6. The van der Waals surface area contributed by atoms with Gasteiger partial charge in [-0.25, -0.2) is 0 Å². The van der Waals surface area contributed by atoms with Crippen molar-refractivity contribution in [1.29, 1.82) is 0 Å². The molecule has 0 aromatic rings. The minimum Gasteiger partial charge on any atom is -0.392 e. The van der Waals surface area contributed by atoms with Gasteiger partial charge in [0.15, 0.2) is 0 Å². The molecule has 0 heterocycles. The molecule has 1 atom stereocenters. The van der Waals surface area contributed by atoms with E-state index in [1.807, 2.05) is 0 Å². The maximum Gasteiger partial charge on any atom is 0.316 e. The van der Waals surface area contributed by atoms with Crippen molar-refractivity contribution in [3.63, 3.8) is 0 Å². The zero-order valence-electron chi connectivity index (χ0n) is 15.0. The number of unbranched alkanes of at least 4 members (excludes halogenated alkanes) is 13. The molecule has 0 aliphatic rings. The van der Waals surface area contributed by atoms with E-state index in [1.165, 1.54) is 70.6 Å². The van der Waals surface area contributed by atoms with Crippen molar-refractivity contribution < 1.29 is 18.1 Å². The van der Waals surface area contributed by atoms with Crippen molar-refractivity contribution >= 4 is 33.2 Å². The van der Waals surface area contributed by atoms with E-state index in [4.69, 9.17) is 4.55 Å². The van der Waals surface area contributed by atoms with Crippen molar-refractivity contribution in [2.24, 2.45) is 0 Å². The summed E-state index contributed by atoms with van der Waals surface area (Å²) in [6.45, 7) is 2.25.